The van der Waals surface area contributed by atoms with E-state index >= 15 is 0 Å². The molecule has 1 nitrogen and oxygen atoms in total. The summed E-state index contributed by atoms with van der Waals surface area (Å²) in [5.41, 5.74) is 0. The minimum absolute atomic E-state index is 0.216. The van der Waals surface area contributed by atoms with Crippen molar-refractivity contribution in [3.05, 3.63) is 0 Å². The molecule has 0 aromatic heterocycles. The molecule has 17 heavy (non-hydrogen) atoms. The third-order valence-corrected chi connectivity index (χ3v) is 3.91. The molecule has 0 heterocycles. The lowest BCUT2D eigenvalue weighted by Crippen LogP contribution is -2.27. The molecule has 0 spiro atoms. The largest absolute Gasteiger partial charge is 0.392 e. The molecule has 0 saturated heterocycles. The van der Waals surface area contributed by atoms with Gasteiger partial charge in [0.1, 0.15) is 0 Å². The molecule has 1 saturated carbocycles. The zero-order valence-corrected chi connectivity index (χ0v) is 11.5. The number of hydrogen-bond acceptors (Lipinski definition) is 1. The number of aliphatic hydroxyl groups excluding tert-OH is 1. The second-order valence-electron chi connectivity index (χ2n) is 5.32. The predicted molar refractivity (Wildman–Crippen MR) is 73.7 cm³/mol. The molecule has 0 aliphatic heterocycles. The van der Waals surface area contributed by atoms with Crippen LogP contribution in [0, 0.1) is 23.7 Å². The van der Waals surface area contributed by atoms with E-state index in [0.29, 0.717) is 5.92 Å². The van der Waals surface area contributed by atoms with Gasteiger partial charge in [-0.3, -0.25) is 0 Å². The summed E-state index contributed by atoms with van der Waals surface area (Å²) < 4.78 is 0. The fraction of sp³-hybridized carbons (Fsp3) is 0.875. The Kier molecular flexibility index (Phi) is 7.37. The predicted octanol–water partition coefficient (Wildman–Crippen LogP) is 4.15. The maximum absolute atomic E-state index is 10.1. The molecule has 1 aliphatic carbocycles. The van der Waals surface area contributed by atoms with Crippen LogP contribution in [0.4, 0.5) is 0 Å². The lowest BCUT2D eigenvalue weighted by molar-refractivity contribution is 0.0867. The summed E-state index contributed by atoms with van der Waals surface area (Å²) in [5, 5.41) is 10.1. The van der Waals surface area contributed by atoms with Gasteiger partial charge in [-0.2, -0.15) is 0 Å². The van der Waals surface area contributed by atoms with Crippen LogP contribution < -0.4 is 0 Å². The Hall–Kier alpha value is -0.480. The maximum atomic E-state index is 10.1. The summed E-state index contributed by atoms with van der Waals surface area (Å²) in [4.78, 5) is 0. The zero-order chi connectivity index (χ0) is 12.5. The van der Waals surface area contributed by atoms with Crippen LogP contribution in [0.25, 0.3) is 0 Å². The maximum Gasteiger partial charge on any atom is 0.0677 e. The summed E-state index contributed by atoms with van der Waals surface area (Å²) in [6, 6.07) is 0. The monoisotopic (exact) mass is 236 g/mol. The molecule has 0 radical (unpaired) electrons. The standard InChI is InChI=1S/C16H28O/c1-3-5-6-10-13-15(16(17)4-2)14-11-8-7-9-12-14/h14-17H,3-9,11-12H2,1-2H3/t15-,16-/m1/s1. The van der Waals surface area contributed by atoms with Gasteiger partial charge in [0.05, 0.1) is 6.10 Å². The van der Waals surface area contributed by atoms with Crippen molar-refractivity contribution in [2.45, 2.75) is 77.7 Å². The molecular formula is C16H28O. The first-order valence-corrected chi connectivity index (χ1v) is 7.46. The molecule has 1 aliphatic rings. The van der Waals surface area contributed by atoms with Gasteiger partial charge in [-0.1, -0.05) is 45.5 Å². The van der Waals surface area contributed by atoms with Crippen LogP contribution in [0.2, 0.25) is 0 Å². The van der Waals surface area contributed by atoms with Gasteiger partial charge >= 0.3 is 0 Å². The molecule has 1 rings (SSSR count). The topological polar surface area (TPSA) is 20.2 Å². The third-order valence-electron chi connectivity index (χ3n) is 3.91. The molecule has 0 amide bonds. The highest BCUT2D eigenvalue weighted by molar-refractivity contribution is 5.08. The third kappa shape index (κ3) is 5.13. The Balaban J connectivity index is 2.54. The van der Waals surface area contributed by atoms with Gasteiger partial charge in [0, 0.05) is 12.3 Å². The second kappa shape index (κ2) is 8.59. The quantitative estimate of drug-likeness (QED) is 0.561. The first-order valence-electron chi connectivity index (χ1n) is 7.46. The van der Waals surface area contributed by atoms with Gasteiger partial charge in [0.2, 0.25) is 0 Å². The van der Waals surface area contributed by atoms with E-state index in [2.05, 4.69) is 25.7 Å². The highest BCUT2D eigenvalue weighted by atomic mass is 16.3. The van der Waals surface area contributed by atoms with Crippen molar-refractivity contribution < 1.29 is 5.11 Å². The van der Waals surface area contributed by atoms with Crippen LogP contribution in [0.1, 0.15) is 71.6 Å². The molecule has 0 aromatic carbocycles. The van der Waals surface area contributed by atoms with E-state index in [9.17, 15) is 5.11 Å². The number of aliphatic hydroxyl groups is 1. The normalized spacial score (nSPS) is 20.4. The van der Waals surface area contributed by atoms with Crippen molar-refractivity contribution >= 4 is 0 Å². The van der Waals surface area contributed by atoms with Crippen LogP contribution in [0.5, 0.6) is 0 Å². The van der Waals surface area contributed by atoms with Crippen LogP contribution >= 0.6 is 0 Å². The SMILES string of the molecule is CCCCC#C[C@H](C1CCCCC1)[C@H](O)CC. The van der Waals surface area contributed by atoms with E-state index in [4.69, 9.17) is 0 Å². The molecule has 2 atom stereocenters. The van der Waals surface area contributed by atoms with Gasteiger partial charge < -0.3 is 5.11 Å². The molecule has 0 bridgehead atoms. The zero-order valence-electron chi connectivity index (χ0n) is 11.5. The van der Waals surface area contributed by atoms with E-state index in [1.807, 2.05) is 0 Å². The van der Waals surface area contributed by atoms with Crippen molar-refractivity contribution in [1.82, 2.24) is 0 Å². The summed E-state index contributed by atoms with van der Waals surface area (Å²) in [6.07, 6.45) is 10.6. The summed E-state index contributed by atoms with van der Waals surface area (Å²) in [5.74, 6) is 7.54. The van der Waals surface area contributed by atoms with Crippen molar-refractivity contribution in [3.63, 3.8) is 0 Å². The van der Waals surface area contributed by atoms with Gasteiger partial charge in [-0.25, -0.2) is 0 Å². The average Bonchev–Trinajstić information content (AvgIpc) is 2.39. The van der Waals surface area contributed by atoms with E-state index in [0.717, 1.165) is 12.8 Å². The smallest absolute Gasteiger partial charge is 0.0677 e. The molecule has 0 unspecified atom stereocenters. The Bertz CT molecular complexity index is 242. The van der Waals surface area contributed by atoms with Crippen LogP contribution in [0.3, 0.4) is 0 Å². The minimum Gasteiger partial charge on any atom is -0.392 e. The highest BCUT2D eigenvalue weighted by Crippen LogP contribution is 2.32. The van der Waals surface area contributed by atoms with Crippen molar-refractivity contribution in [3.8, 4) is 11.8 Å². The van der Waals surface area contributed by atoms with Crippen LogP contribution in [-0.2, 0) is 0 Å². The van der Waals surface area contributed by atoms with E-state index in [1.54, 1.807) is 0 Å². The summed E-state index contributed by atoms with van der Waals surface area (Å²) in [7, 11) is 0. The molecule has 0 aromatic rings. The Morgan fingerprint density at radius 1 is 1.18 bits per heavy atom. The Labute approximate surface area is 107 Å². The highest BCUT2D eigenvalue weighted by Gasteiger charge is 2.26. The number of unbranched alkanes of at least 4 members (excludes halogenated alkanes) is 2. The molecule has 1 N–H and O–H groups in total. The summed E-state index contributed by atoms with van der Waals surface area (Å²) >= 11 is 0. The second-order valence-corrected chi connectivity index (χ2v) is 5.32. The average molecular weight is 236 g/mol. The summed E-state index contributed by atoms with van der Waals surface area (Å²) in [6.45, 7) is 4.26. The van der Waals surface area contributed by atoms with E-state index < -0.39 is 0 Å². The Morgan fingerprint density at radius 2 is 1.88 bits per heavy atom. The van der Waals surface area contributed by atoms with Crippen LogP contribution in [-0.4, -0.2) is 11.2 Å². The van der Waals surface area contributed by atoms with Gasteiger partial charge in [0.25, 0.3) is 0 Å². The van der Waals surface area contributed by atoms with Gasteiger partial charge in [-0.15, -0.1) is 5.92 Å². The molecule has 1 fully saturated rings. The van der Waals surface area contributed by atoms with Gasteiger partial charge in [-0.05, 0) is 31.6 Å². The van der Waals surface area contributed by atoms with E-state index in [-0.39, 0.29) is 12.0 Å². The molecular weight excluding hydrogens is 208 g/mol. The lowest BCUT2D eigenvalue weighted by atomic mass is 9.77. The minimum atomic E-state index is -0.216. The Morgan fingerprint density at radius 3 is 2.47 bits per heavy atom. The first-order chi connectivity index (χ1) is 8.29. The van der Waals surface area contributed by atoms with Crippen molar-refractivity contribution in [1.29, 1.82) is 0 Å². The lowest BCUT2D eigenvalue weighted by Gasteiger charge is -2.29. The van der Waals surface area contributed by atoms with Crippen molar-refractivity contribution in [2.24, 2.45) is 11.8 Å². The number of rotatable bonds is 5. The fourth-order valence-corrected chi connectivity index (χ4v) is 2.73. The van der Waals surface area contributed by atoms with Gasteiger partial charge in [0.15, 0.2) is 0 Å². The van der Waals surface area contributed by atoms with Crippen molar-refractivity contribution in [2.75, 3.05) is 0 Å². The number of hydrogen-bond donors (Lipinski definition) is 1. The molecule has 1 heteroatoms. The first kappa shape index (κ1) is 14.6. The van der Waals surface area contributed by atoms with Crippen LogP contribution in [0.15, 0.2) is 0 Å². The fourth-order valence-electron chi connectivity index (χ4n) is 2.73. The molecule has 98 valence electrons. The van der Waals surface area contributed by atoms with E-state index in [1.165, 1.54) is 44.9 Å².